The maximum Gasteiger partial charge on any atom is 0.226 e. The minimum Gasteiger partial charge on any atom is -0.340 e. The molecule has 19 heavy (non-hydrogen) atoms. The van der Waals surface area contributed by atoms with Crippen molar-refractivity contribution in [1.29, 1.82) is 5.26 Å². The summed E-state index contributed by atoms with van der Waals surface area (Å²) >= 11 is 0. The van der Waals surface area contributed by atoms with E-state index in [4.69, 9.17) is 5.26 Å². The first-order chi connectivity index (χ1) is 8.95. The van der Waals surface area contributed by atoms with Crippen molar-refractivity contribution in [3.8, 4) is 6.07 Å². The molecule has 2 atom stereocenters. The number of nitriles is 1. The maximum absolute atomic E-state index is 12.5. The Kier molecular flexibility index (Phi) is 4.15. The third kappa shape index (κ3) is 2.92. The van der Waals surface area contributed by atoms with Gasteiger partial charge in [0.05, 0.1) is 6.07 Å². The van der Waals surface area contributed by atoms with Gasteiger partial charge in [0.2, 0.25) is 5.91 Å². The van der Waals surface area contributed by atoms with Gasteiger partial charge in [0, 0.05) is 32.1 Å². The Morgan fingerprint density at radius 1 is 1.21 bits per heavy atom. The Bertz CT molecular complexity index is 377. The van der Waals surface area contributed by atoms with Crippen LogP contribution in [0.1, 0.15) is 40.0 Å². The van der Waals surface area contributed by atoms with Crippen LogP contribution in [0.25, 0.3) is 0 Å². The van der Waals surface area contributed by atoms with Crippen LogP contribution in [0.5, 0.6) is 0 Å². The first-order valence-corrected chi connectivity index (χ1v) is 7.41. The molecule has 0 aromatic carbocycles. The molecule has 4 heteroatoms. The molecule has 4 nitrogen and oxygen atoms in total. The highest BCUT2D eigenvalue weighted by Gasteiger charge is 2.36. The Morgan fingerprint density at radius 3 is 2.32 bits per heavy atom. The molecule has 1 saturated carbocycles. The van der Waals surface area contributed by atoms with E-state index in [1.54, 1.807) is 0 Å². The highest BCUT2D eigenvalue weighted by molar-refractivity contribution is 5.79. The van der Waals surface area contributed by atoms with E-state index in [-0.39, 0.29) is 5.92 Å². The van der Waals surface area contributed by atoms with Crippen LogP contribution in [0.15, 0.2) is 0 Å². The zero-order chi connectivity index (χ0) is 14.0. The van der Waals surface area contributed by atoms with Gasteiger partial charge in [-0.2, -0.15) is 5.26 Å². The average Bonchev–Trinajstić information content (AvgIpc) is 2.84. The second-order valence-electron chi connectivity index (χ2n) is 6.50. The molecule has 1 heterocycles. The first kappa shape index (κ1) is 14.3. The molecule has 0 aromatic rings. The second-order valence-corrected chi connectivity index (χ2v) is 6.50. The molecule has 106 valence electrons. The molecular weight excluding hydrogens is 238 g/mol. The molecule has 2 unspecified atom stereocenters. The zero-order valence-electron chi connectivity index (χ0n) is 12.4. The first-order valence-electron chi connectivity index (χ1n) is 7.41. The number of carbonyl (C=O) groups excluding carboxylic acids is 1. The van der Waals surface area contributed by atoms with E-state index in [0.717, 1.165) is 32.6 Å². The lowest BCUT2D eigenvalue weighted by Gasteiger charge is -2.41. The number of carbonyl (C=O) groups is 1. The zero-order valence-corrected chi connectivity index (χ0v) is 12.4. The molecule has 0 bridgehead atoms. The molecule has 0 N–H and O–H groups in total. The van der Waals surface area contributed by atoms with Gasteiger partial charge in [-0.1, -0.05) is 13.3 Å². The Balaban J connectivity index is 1.90. The van der Waals surface area contributed by atoms with Gasteiger partial charge in [0.25, 0.3) is 0 Å². The fourth-order valence-electron chi connectivity index (χ4n) is 3.30. The van der Waals surface area contributed by atoms with Gasteiger partial charge in [0.1, 0.15) is 5.54 Å². The van der Waals surface area contributed by atoms with E-state index < -0.39 is 5.54 Å². The van der Waals surface area contributed by atoms with Crippen LogP contribution >= 0.6 is 0 Å². The number of hydrogen-bond donors (Lipinski definition) is 0. The van der Waals surface area contributed by atoms with E-state index in [1.807, 2.05) is 18.7 Å². The lowest BCUT2D eigenvalue weighted by molar-refractivity contribution is -0.138. The topological polar surface area (TPSA) is 47.3 Å². The molecule has 2 aliphatic rings. The van der Waals surface area contributed by atoms with E-state index >= 15 is 0 Å². The summed E-state index contributed by atoms with van der Waals surface area (Å²) < 4.78 is 0. The van der Waals surface area contributed by atoms with Gasteiger partial charge in [-0.3, -0.25) is 9.69 Å². The quantitative estimate of drug-likeness (QED) is 0.764. The van der Waals surface area contributed by atoms with Gasteiger partial charge >= 0.3 is 0 Å². The largest absolute Gasteiger partial charge is 0.340 e. The molecule has 0 radical (unpaired) electrons. The normalized spacial score (nSPS) is 29.3. The van der Waals surface area contributed by atoms with Crippen LogP contribution in [0.2, 0.25) is 0 Å². The summed E-state index contributed by atoms with van der Waals surface area (Å²) in [5.74, 6) is 1.14. The second kappa shape index (κ2) is 5.50. The number of rotatable bonds is 2. The minimum atomic E-state index is -0.421. The maximum atomic E-state index is 12.5. The highest BCUT2D eigenvalue weighted by atomic mass is 16.2. The third-order valence-electron chi connectivity index (χ3n) is 4.83. The highest BCUT2D eigenvalue weighted by Crippen LogP contribution is 2.33. The fraction of sp³-hybridized carbons (Fsp3) is 0.867. The Morgan fingerprint density at radius 2 is 1.84 bits per heavy atom. The summed E-state index contributed by atoms with van der Waals surface area (Å²) in [6.07, 6.45) is 3.45. The van der Waals surface area contributed by atoms with Gasteiger partial charge in [-0.25, -0.2) is 0 Å². The van der Waals surface area contributed by atoms with Gasteiger partial charge in [-0.05, 0) is 32.6 Å². The number of hydrogen-bond acceptors (Lipinski definition) is 3. The van der Waals surface area contributed by atoms with E-state index in [1.165, 1.54) is 12.8 Å². The van der Waals surface area contributed by atoms with Gasteiger partial charge in [0.15, 0.2) is 0 Å². The monoisotopic (exact) mass is 263 g/mol. The number of piperazine rings is 1. The molecular formula is C15H25N3O. The number of amides is 1. The average molecular weight is 263 g/mol. The van der Waals surface area contributed by atoms with E-state index in [0.29, 0.717) is 11.8 Å². The predicted octanol–water partition coefficient (Wildman–Crippen LogP) is 1.87. The summed E-state index contributed by atoms with van der Waals surface area (Å²) in [4.78, 5) is 16.7. The van der Waals surface area contributed by atoms with Crippen LogP contribution in [0.4, 0.5) is 0 Å². The van der Waals surface area contributed by atoms with Crippen molar-refractivity contribution < 1.29 is 4.79 Å². The van der Waals surface area contributed by atoms with Gasteiger partial charge in [-0.15, -0.1) is 0 Å². The molecule has 1 aliphatic carbocycles. The predicted molar refractivity (Wildman–Crippen MR) is 74.4 cm³/mol. The number of nitrogens with zero attached hydrogens (tertiary/aromatic N) is 3. The van der Waals surface area contributed by atoms with Crippen LogP contribution in [0, 0.1) is 23.2 Å². The van der Waals surface area contributed by atoms with Crippen LogP contribution in [-0.4, -0.2) is 47.4 Å². The lowest BCUT2D eigenvalue weighted by Crippen LogP contribution is -2.56. The van der Waals surface area contributed by atoms with Crippen molar-refractivity contribution in [1.82, 2.24) is 9.80 Å². The summed E-state index contributed by atoms with van der Waals surface area (Å²) in [7, 11) is 0. The molecule has 1 amide bonds. The van der Waals surface area contributed by atoms with Crippen LogP contribution in [-0.2, 0) is 4.79 Å². The van der Waals surface area contributed by atoms with E-state index in [2.05, 4.69) is 17.9 Å². The third-order valence-corrected chi connectivity index (χ3v) is 4.83. The summed E-state index contributed by atoms with van der Waals surface area (Å²) in [6, 6.07) is 2.34. The summed E-state index contributed by atoms with van der Waals surface area (Å²) in [5, 5.41) is 9.16. The van der Waals surface area contributed by atoms with Crippen LogP contribution in [0.3, 0.4) is 0 Å². The summed E-state index contributed by atoms with van der Waals surface area (Å²) in [5.41, 5.74) is -0.421. The van der Waals surface area contributed by atoms with Crippen molar-refractivity contribution in [2.45, 2.75) is 45.6 Å². The lowest BCUT2D eigenvalue weighted by atomic mass is 9.96. The Labute approximate surface area is 116 Å². The van der Waals surface area contributed by atoms with Crippen molar-refractivity contribution in [2.75, 3.05) is 26.2 Å². The molecule has 2 rings (SSSR count). The van der Waals surface area contributed by atoms with Gasteiger partial charge < -0.3 is 4.90 Å². The molecule has 2 fully saturated rings. The van der Waals surface area contributed by atoms with E-state index in [9.17, 15) is 4.79 Å². The van der Waals surface area contributed by atoms with Crippen molar-refractivity contribution in [2.24, 2.45) is 11.8 Å². The minimum absolute atomic E-state index is 0.246. The molecule has 1 saturated heterocycles. The molecule has 0 aromatic heterocycles. The van der Waals surface area contributed by atoms with Crippen molar-refractivity contribution >= 4 is 5.91 Å². The summed E-state index contributed by atoms with van der Waals surface area (Å²) in [6.45, 7) is 9.26. The SMILES string of the molecule is CC1CCCC1C(=O)N1CCN(C(C)(C)C#N)CC1. The van der Waals surface area contributed by atoms with Crippen molar-refractivity contribution in [3.05, 3.63) is 0 Å². The Hall–Kier alpha value is -1.08. The van der Waals surface area contributed by atoms with Crippen molar-refractivity contribution in [3.63, 3.8) is 0 Å². The molecule has 1 aliphatic heterocycles. The van der Waals surface area contributed by atoms with Crippen LogP contribution < -0.4 is 0 Å². The molecule has 0 spiro atoms. The smallest absolute Gasteiger partial charge is 0.226 e. The standard InChI is InChI=1S/C15H25N3O/c1-12-5-4-6-13(12)14(19)17-7-9-18(10-8-17)15(2,3)11-16/h12-13H,4-10H2,1-3H3. The fourth-order valence-corrected chi connectivity index (χ4v) is 3.30.